The molecule has 0 radical (unpaired) electrons. The molecular weight excluding hydrogens is 174 g/mol. The summed E-state index contributed by atoms with van der Waals surface area (Å²) in [7, 11) is 0. The van der Waals surface area contributed by atoms with Gasteiger partial charge >= 0.3 is 0 Å². The van der Waals surface area contributed by atoms with Gasteiger partial charge in [0.1, 0.15) is 0 Å². The van der Waals surface area contributed by atoms with Crippen LogP contribution in [0.5, 0.6) is 0 Å². The Bertz CT molecular complexity index is 209. The van der Waals surface area contributed by atoms with Gasteiger partial charge in [0.25, 0.3) is 0 Å². The van der Waals surface area contributed by atoms with Gasteiger partial charge in [-0.3, -0.25) is 5.41 Å². The van der Waals surface area contributed by atoms with Crippen molar-refractivity contribution in [1.29, 1.82) is 5.41 Å². The van der Waals surface area contributed by atoms with Crippen LogP contribution < -0.4 is 0 Å². The third-order valence-corrected chi connectivity index (χ3v) is 3.80. The standard InChI is InChI=1S/C9H14ClNO/c10-8(11)6-1-3-9(4-2-6)5-7(9)12/h6-7,11-12H,1-5H2. The Morgan fingerprint density at radius 2 is 1.92 bits per heavy atom. The third kappa shape index (κ3) is 1.27. The smallest absolute Gasteiger partial charge is 0.1000 e. The Balaban J connectivity index is 1.90. The van der Waals surface area contributed by atoms with Crippen LogP contribution in [0.2, 0.25) is 0 Å². The Labute approximate surface area is 77.4 Å². The van der Waals surface area contributed by atoms with Gasteiger partial charge in [0.15, 0.2) is 0 Å². The van der Waals surface area contributed by atoms with Crippen molar-refractivity contribution in [2.24, 2.45) is 11.3 Å². The quantitative estimate of drug-likeness (QED) is 0.607. The van der Waals surface area contributed by atoms with Crippen LogP contribution in [0.3, 0.4) is 0 Å². The lowest BCUT2D eigenvalue weighted by atomic mass is 9.80. The fourth-order valence-electron chi connectivity index (χ4n) is 2.31. The monoisotopic (exact) mass is 187 g/mol. The van der Waals surface area contributed by atoms with Crippen LogP contribution in [-0.2, 0) is 0 Å². The maximum absolute atomic E-state index is 9.38. The molecule has 2 fully saturated rings. The van der Waals surface area contributed by atoms with Crippen molar-refractivity contribution in [3.63, 3.8) is 0 Å². The van der Waals surface area contributed by atoms with Crippen LogP contribution in [0.15, 0.2) is 0 Å². The van der Waals surface area contributed by atoms with Gasteiger partial charge in [-0.2, -0.15) is 0 Å². The second-order valence-electron chi connectivity index (χ2n) is 4.20. The highest BCUT2D eigenvalue weighted by Crippen LogP contribution is 2.57. The van der Waals surface area contributed by atoms with Crippen molar-refractivity contribution >= 4 is 16.8 Å². The predicted octanol–water partition coefficient (Wildman–Crippen LogP) is 2.14. The first-order chi connectivity index (χ1) is 5.64. The molecule has 2 rings (SSSR count). The summed E-state index contributed by atoms with van der Waals surface area (Å²) in [5.41, 5.74) is 0.253. The van der Waals surface area contributed by atoms with Gasteiger partial charge in [0, 0.05) is 5.92 Å². The van der Waals surface area contributed by atoms with Crippen molar-refractivity contribution < 1.29 is 5.11 Å². The molecule has 0 bridgehead atoms. The number of aliphatic hydroxyl groups is 1. The van der Waals surface area contributed by atoms with E-state index in [9.17, 15) is 5.11 Å². The molecule has 0 aromatic heterocycles. The summed E-state index contributed by atoms with van der Waals surface area (Å²) in [6, 6.07) is 0. The maximum atomic E-state index is 9.38. The summed E-state index contributed by atoms with van der Waals surface area (Å²) in [6.45, 7) is 0. The van der Waals surface area contributed by atoms with Gasteiger partial charge in [-0.15, -0.1) is 0 Å². The van der Waals surface area contributed by atoms with Crippen molar-refractivity contribution in [3.8, 4) is 0 Å². The van der Waals surface area contributed by atoms with Crippen LogP contribution in [0.1, 0.15) is 32.1 Å². The average Bonchev–Trinajstić information content (AvgIpc) is 2.62. The molecule has 0 heterocycles. The average molecular weight is 188 g/mol. The first-order valence-electron chi connectivity index (χ1n) is 4.56. The fraction of sp³-hybridized carbons (Fsp3) is 0.889. The van der Waals surface area contributed by atoms with E-state index in [1.807, 2.05) is 0 Å². The molecule has 68 valence electrons. The van der Waals surface area contributed by atoms with Crippen molar-refractivity contribution in [2.45, 2.75) is 38.2 Å². The summed E-state index contributed by atoms with van der Waals surface area (Å²) in [5, 5.41) is 17.0. The van der Waals surface area contributed by atoms with Crippen molar-refractivity contribution in [2.75, 3.05) is 0 Å². The Kier molecular flexibility index (Phi) is 1.92. The lowest BCUT2D eigenvalue weighted by molar-refractivity contribution is 0.177. The summed E-state index contributed by atoms with van der Waals surface area (Å²) in [6.07, 6.45) is 5.05. The topological polar surface area (TPSA) is 44.1 Å². The normalized spacial score (nSPS) is 46.2. The zero-order valence-corrected chi connectivity index (χ0v) is 7.77. The SMILES string of the molecule is N=C(Cl)C1CCC2(CC1)CC2O. The number of nitrogens with one attached hydrogen (secondary N) is 1. The Morgan fingerprint density at radius 1 is 1.42 bits per heavy atom. The minimum absolute atomic E-state index is 0.0528. The molecule has 2 aliphatic carbocycles. The number of halogens is 1. The second kappa shape index (κ2) is 2.71. The Morgan fingerprint density at radius 3 is 2.25 bits per heavy atom. The van der Waals surface area contributed by atoms with E-state index in [0.717, 1.165) is 32.1 Å². The summed E-state index contributed by atoms with van der Waals surface area (Å²) >= 11 is 5.63. The molecule has 0 saturated heterocycles. The number of hydrogen-bond donors (Lipinski definition) is 2. The molecule has 0 aliphatic heterocycles. The summed E-state index contributed by atoms with van der Waals surface area (Å²) in [4.78, 5) is 0. The molecule has 2 aliphatic rings. The molecule has 1 unspecified atom stereocenters. The minimum Gasteiger partial charge on any atom is -0.393 e. The molecule has 0 aromatic rings. The van der Waals surface area contributed by atoms with E-state index in [1.165, 1.54) is 0 Å². The van der Waals surface area contributed by atoms with Crippen LogP contribution in [0.25, 0.3) is 0 Å². The molecule has 12 heavy (non-hydrogen) atoms. The molecule has 2 nitrogen and oxygen atoms in total. The lowest BCUT2D eigenvalue weighted by Gasteiger charge is -2.27. The summed E-state index contributed by atoms with van der Waals surface area (Å²) < 4.78 is 0. The first-order valence-corrected chi connectivity index (χ1v) is 4.94. The van der Waals surface area contributed by atoms with Gasteiger partial charge < -0.3 is 5.11 Å². The van der Waals surface area contributed by atoms with Crippen molar-refractivity contribution in [3.05, 3.63) is 0 Å². The lowest BCUT2D eigenvalue weighted by Crippen LogP contribution is -2.21. The largest absolute Gasteiger partial charge is 0.393 e. The molecule has 2 saturated carbocycles. The van der Waals surface area contributed by atoms with Crippen molar-refractivity contribution in [1.82, 2.24) is 0 Å². The number of aliphatic hydroxyl groups excluding tert-OH is 1. The van der Waals surface area contributed by atoms with E-state index in [0.29, 0.717) is 5.17 Å². The summed E-state index contributed by atoms with van der Waals surface area (Å²) in [5.74, 6) is 0.282. The van der Waals surface area contributed by atoms with E-state index in [1.54, 1.807) is 0 Å². The van der Waals surface area contributed by atoms with E-state index in [-0.39, 0.29) is 17.4 Å². The zero-order chi connectivity index (χ0) is 8.77. The van der Waals surface area contributed by atoms with Crippen LogP contribution in [-0.4, -0.2) is 16.4 Å². The van der Waals surface area contributed by atoms with E-state index in [2.05, 4.69) is 0 Å². The van der Waals surface area contributed by atoms with Gasteiger partial charge in [-0.25, -0.2) is 0 Å². The highest BCUT2D eigenvalue weighted by atomic mass is 35.5. The highest BCUT2D eigenvalue weighted by molar-refractivity contribution is 6.64. The minimum atomic E-state index is -0.0528. The molecule has 0 aromatic carbocycles. The molecule has 0 amide bonds. The van der Waals surface area contributed by atoms with E-state index < -0.39 is 0 Å². The molecule has 3 heteroatoms. The van der Waals surface area contributed by atoms with Gasteiger partial charge in [-0.05, 0) is 37.5 Å². The predicted molar refractivity (Wildman–Crippen MR) is 48.6 cm³/mol. The van der Waals surface area contributed by atoms with Gasteiger partial charge in [0.05, 0.1) is 11.3 Å². The zero-order valence-electron chi connectivity index (χ0n) is 7.02. The molecular formula is C9H14ClNO. The number of rotatable bonds is 1. The number of hydrogen-bond acceptors (Lipinski definition) is 2. The van der Waals surface area contributed by atoms with Crippen LogP contribution in [0, 0.1) is 16.7 Å². The maximum Gasteiger partial charge on any atom is 0.1000 e. The first kappa shape index (κ1) is 8.52. The molecule has 1 spiro atoms. The van der Waals surface area contributed by atoms with Gasteiger partial charge in [0.2, 0.25) is 0 Å². The van der Waals surface area contributed by atoms with Gasteiger partial charge in [-0.1, -0.05) is 11.6 Å². The molecule has 2 N–H and O–H groups in total. The Hall–Kier alpha value is -0.0800. The molecule has 1 atom stereocenters. The second-order valence-corrected chi connectivity index (χ2v) is 4.61. The highest BCUT2D eigenvalue weighted by Gasteiger charge is 2.54. The fourth-order valence-corrected chi connectivity index (χ4v) is 2.53. The van der Waals surface area contributed by atoms with E-state index >= 15 is 0 Å². The van der Waals surface area contributed by atoms with E-state index in [4.69, 9.17) is 17.0 Å². The van der Waals surface area contributed by atoms with Crippen LogP contribution >= 0.6 is 11.6 Å². The third-order valence-electron chi connectivity index (χ3n) is 3.49. The van der Waals surface area contributed by atoms with Crippen LogP contribution in [0.4, 0.5) is 0 Å².